The SMILES string of the molecule is c1ccc([Si](c2ccccc2)(c2ccccc2)c2ccc3oc4cccc(-n5c6ccccc6n6c7ccccc7nc56)c4c3c2)cc1. The first kappa shape index (κ1) is 27.0. The lowest BCUT2D eigenvalue weighted by molar-refractivity contribution is 0.669. The molecule has 0 unspecified atom stereocenters. The van der Waals surface area contributed by atoms with E-state index in [1.54, 1.807) is 0 Å². The van der Waals surface area contributed by atoms with Crippen molar-refractivity contribution in [1.29, 1.82) is 0 Å². The first-order chi connectivity index (χ1) is 23.8. The Morgan fingerprint density at radius 2 is 1.04 bits per heavy atom. The summed E-state index contributed by atoms with van der Waals surface area (Å²) in [7, 11) is -2.74. The molecule has 0 aliphatic heterocycles. The Morgan fingerprint density at radius 1 is 0.458 bits per heavy atom. The largest absolute Gasteiger partial charge is 0.456 e. The molecule has 3 heterocycles. The van der Waals surface area contributed by atoms with Crippen LogP contribution in [0.1, 0.15) is 0 Å². The van der Waals surface area contributed by atoms with E-state index >= 15 is 0 Å². The van der Waals surface area contributed by atoms with Gasteiger partial charge in [0.25, 0.3) is 0 Å². The molecule has 7 aromatic carbocycles. The van der Waals surface area contributed by atoms with Gasteiger partial charge < -0.3 is 4.42 Å². The van der Waals surface area contributed by atoms with Crippen molar-refractivity contribution >= 4 is 78.6 Å². The third kappa shape index (κ3) is 3.73. The second-order valence-corrected chi connectivity index (χ2v) is 16.2. The Balaban J connectivity index is 1.33. The Bertz CT molecular complexity index is 2680. The van der Waals surface area contributed by atoms with Gasteiger partial charge in [0.05, 0.1) is 33.1 Å². The zero-order valence-electron chi connectivity index (χ0n) is 26.0. The lowest BCUT2D eigenvalue weighted by Crippen LogP contribution is -2.74. The summed E-state index contributed by atoms with van der Waals surface area (Å²) in [5.41, 5.74) is 7.08. The van der Waals surface area contributed by atoms with Crippen molar-refractivity contribution in [3.8, 4) is 5.69 Å². The molecule has 0 bridgehead atoms. The third-order valence-electron chi connectivity index (χ3n) is 9.87. The Labute approximate surface area is 277 Å². The Hall–Kier alpha value is -6.17. The molecule has 0 aliphatic carbocycles. The van der Waals surface area contributed by atoms with Crippen molar-refractivity contribution in [3.63, 3.8) is 0 Å². The van der Waals surface area contributed by atoms with Crippen LogP contribution in [-0.2, 0) is 0 Å². The maximum absolute atomic E-state index is 6.63. The van der Waals surface area contributed by atoms with Crippen LogP contribution >= 0.6 is 0 Å². The van der Waals surface area contributed by atoms with Crippen LogP contribution in [0.3, 0.4) is 0 Å². The van der Waals surface area contributed by atoms with Crippen LogP contribution in [0.5, 0.6) is 0 Å². The highest BCUT2D eigenvalue weighted by Crippen LogP contribution is 2.37. The molecule has 5 heteroatoms. The highest BCUT2D eigenvalue weighted by molar-refractivity contribution is 7.20. The zero-order valence-corrected chi connectivity index (χ0v) is 27.0. The Kier molecular flexibility index (Phi) is 5.86. The normalized spacial score (nSPS) is 12.2. The quantitative estimate of drug-likeness (QED) is 0.144. The minimum atomic E-state index is -2.74. The molecule has 0 aliphatic rings. The van der Waals surface area contributed by atoms with Crippen LogP contribution in [0.2, 0.25) is 0 Å². The number of para-hydroxylation sites is 4. The summed E-state index contributed by atoms with van der Waals surface area (Å²) in [4.78, 5) is 5.18. The van der Waals surface area contributed by atoms with Crippen LogP contribution in [0.15, 0.2) is 180 Å². The van der Waals surface area contributed by atoms with E-state index in [-0.39, 0.29) is 0 Å². The summed E-state index contributed by atoms with van der Waals surface area (Å²) >= 11 is 0. The van der Waals surface area contributed by atoms with Crippen molar-refractivity contribution in [3.05, 3.63) is 176 Å². The molecule has 4 nitrogen and oxygen atoms in total. The van der Waals surface area contributed by atoms with Gasteiger partial charge in [-0.05, 0) is 63.2 Å². The lowest BCUT2D eigenvalue weighted by Gasteiger charge is -2.34. The van der Waals surface area contributed by atoms with Gasteiger partial charge in [0, 0.05) is 5.39 Å². The maximum atomic E-state index is 6.63. The van der Waals surface area contributed by atoms with Gasteiger partial charge in [0.1, 0.15) is 11.2 Å². The van der Waals surface area contributed by atoms with Crippen molar-refractivity contribution in [2.24, 2.45) is 0 Å². The van der Waals surface area contributed by atoms with Crippen LogP contribution < -0.4 is 20.7 Å². The summed E-state index contributed by atoms with van der Waals surface area (Å²) in [6.45, 7) is 0. The Morgan fingerprint density at radius 3 is 1.71 bits per heavy atom. The minimum absolute atomic E-state index is 0.859. The van der Waals surface area contributed by atoms with Crippen LogP contribution in [0, 0.1) is 0 Å². The second kappa shape index (κ2) is 10.4. The van der Waals surface area contributed by atoms with E-state index < -0.39 is 8.07 Å². The molecule has 226 valence electrons. The van der Waals surface area contributed by atoms with Crippen LogP contribution in [-0.4, -0.2) is 22.0 Å². The van der Waals surface area contributed by atoms with Gasteiger partial charge in [-0.3, -0.25) is 8.97 Å². The molecule has 0 fully saturated rings. The molecule has 0 radical (unpaired) electrons. The molecule has 48 heavy (non-hydrogen) atoms. The number of aromatic nitrogens is 3. The predicted octanol–water partition coefficient (Wildman–Crippen LogP) is 7.71. The third-order valence-corrected chi connectivity index (χ3v) is 14.6. The average Bonchev–Trinajstić information content (AvgIpc) is 3.82. The van der Waals surface area contributed by atoms with E-state index in [0.29, 0.717) is 0 Å². The highest BCUT2D eigenvalue weighted by Gasteiger charge is 2.41. The predicted molar refractivity (Wildman–Crippen MR) is 200 cm³/mol. The molecule has 0 saturated carbocycles. The van der Waals surface area contributed by atoms with Gasteiger partial charge in [0.15, 0.2) is 8.07 Å². The molecular formula is C43H29N3OSi. The van der Waals surface area contributed by atoms with E-state index in [2.05, 4.69) is 185 Å². The summed E-state index contributed by atoms with van der Waals surface area (Å²) in [5, 5.41) is 7.53. The van der Waals surface area contributed by atoms with E-state index in [9.17, 15) is 0 Å². The van der Waals surface area contributed by atoms with Gasteiger partial charge in [-0.2, -0.15) is 0 Å². The average molecular weight is 632 g/mol. The van der Waals surface area contributed by atoms with Gasteiger partial charge in [-0.15, -0.1) is 0 Å². The van der Waals surface area contributed by atoms with Crippen molar-refractivity contribution in [1.82, 2.24) is 14.0 Å². The molecule has 3 aromatic heterocycles. The molecule has 0 saturated heterocycles. The molecule has 0 atom stereocenters. The van der Waals surface area contributed by atoms with Crippen LogP contribution in [0.25, 0.3) is 55.5 Å². The molecule has 0 amide bonds. The summed E-state index contributed by atoms with van der Waals surface area (Å²) in [6.07, 6.45) is 0. The lowest BCUT2D eigenvalue weighted by atomic mass is 10.1. The molecule has 10 aromatic rings. The van der Waals surface area contributed by atoms with Gasteiger partial charge in [0.2, 0.25) is 5.78 Å². The number of nitrogens with zero attached hydrogens (tertiary/aromatic N) is 3. The van der Waals surface area contributed by atoms with E-state index in [1.807, 2.05) is 0 Å². The van der Waals surface area contributed by atoms with Crippen molar-refractivity contribution in [2.75, 3.05) is 0 Å². The van der Waals surface area contributed by atoms with Gasteiger partial charge in [-0.25, -0.2) is 4.98 Å². The first-order valence-corrected chi connectivity index (χ1v) is 18.3. The monoisotopic (exact) mass is 631 g/mol. The molecule has 10 rings (SSSR count). The van der Waals surface area contributed by atoms with Gasteiger partial charge >= 0.3 is 0 Å². The first-order valence-electron chi connectivity index (χ1n) is 16.3. The number of benzene rings is 7. The molecule has 0 N–H and O–H groups in total. The van der Waals surface area contributed by atoms with E-state index in [4.69, 9.17) is 9.40 Å². The number of furan rings is 1. The fraction of sp³-hybridized carbons (Fsp3) is 0. The number of hydrogen-bond acceptors (Lipinski definition) is 2. The van der Waals surface area contributed by atoms with Crippen molar-refractivity contribution in [2.45, 2.75) is 0 Å². The summed E-state index contributed by atoms with van der Waals surface area (Å²) < 4.78 is 11.2. The fourth-order valence-corrected chi connectivity index (χ4v) is 12.7. The van der Waals surface area contributed by atoms with Crippen LogP contribution in [0.4, 0.5) is 0 Å². The highest BCUT2D eigenvalue weighted by atomic mass is 28.3. The minimum Gasteiger partial charge on any atom is -0.456 e. The van der Waals surface area contributed by atoms with E-state index in [1.165, 1.54) is 20.7 Å². The zero-order chi connectivity index (χ0) is 31.7. The fourth-order valence-electron chi connectivity index (χ4n) is 7.88. The maximum Gasteiger partial charge on any atom is 0.220 e. The smallest absolute Gasteiger partial charge is 0.220 e. The summed E-state index contributed by atoms with van der Waals surface area (Å²) in [6, 6.07) is 63.4. The number of rotatable bonds is 5. The standard InChI is InChI=1S/C43H29N3OSi/c1-4-15-30(16-5-1)48(31-17-6-2-7-18-31,32-19-8-3-9-20-32)33-27-28-40-34(29-33)42-39(25-14-26-41(42)47-40)46-38-24-13-12-23-37(38)45-36-22-11-10-21-35(36)44-43(45)46/h1-29H. The van der Waals surface area contributed by atoms with Crippen molar-refractivity contribution < 1.29 is 4.42 Å². The topological polar surface area (TPSA) is 35.4 Å². The molecule has 0 spiro atoms. The number of hydrogen-bond donors (Lipinski definition) is 0. The van der Waals surface area contributed by atoms with E-state index in [0.717, 1.165) is 55.5 Å². The number of imidazole rings is 2. The second-order valence-electron chi connectivity index (χ2n) is 12.4. The summed E-state index contributed by atoms with van der Waals surface area (Å²) in [5.74, 6) is 0.886. The number of fused-ring (bicyclic) bond motifs is 8. The van der Waals surface area contributed by atoms with Gasteiger partial charge in [-0.1, -0.05) is 133 Å². The molecular weight excluding hydrogens is 603 g/mol.